The lowest BCUT2D eigenvalue weighted by molar-refractivity contribution is -0.143. The van der Waals surface area contributed by atoms with Gasteiger partial charge in [-0.3, -0.25) is 14.4 Å². The van der Waals surface area contributed by atoms with Crippen molar-refractivity contribution < 1.29 is 18.8 Å². The Morgan fingerprint density at radius 3 is 2.11 bits per heavy atom. The van der Waals surface area contributed by atoms with Crippen LogP contribution < -0.4 is 10.6 Å². The zero-order valence-corrected chi connectivity index (χ0v) is 21.7. The number of rotatable bonds is 4. The molecule has 3 amide bonds. The van der Waals surface area contributed by atoms with E-state index in [2.05, 4.69) is 42.5 Å². The van der Waals surface area contributed by atoms with Gasteiger partial charge in [0, 0.05) is 39.0 Å². The number of benzene rings is 3. The van der Waals surface area contributed by atoms with Crippen molar-refractivity contribution in [3.8, 4) is 0 Å². The van der Waals surface area contributed by atoms with Gasteiger partial charge >= 0.3 is 11.8 Å². The molecule has 180 valence electrons. The van der Waals surface area contributed by atoms with Crippen molar-refractivity contribution in [2.75, 3.05) is 23.7 Å². The highest BCUT2D eigenvalue weighted by atomic mass is 79.9. The molecule has 1 aliphatic rings. The summed E-state index contributed by atoms with van der Waals surface area (Å²) in [5.41, 5.74) is 2.00. The zero-order chi connectivity index (χ0) is 24.9. The van der Waals surface area contributed by atoms with Crippen LogP contribution in [0.25, 0.3) is 0 Å². The first kappa shape index (κ1) is 25.1. The van der Waals surface area contributed by atoms with E-state index in [1.807, 2.05) is 0 Å². The number of anilines is 2. The van der Waals surface area contributed by atoms with Crippen LogP contribution in [0.2, 0.25) is 0 Å². The molecule has 4 rings (SSSR count). The van der Waals surface area contributed by atoms with Crippen LogP contribution >= 0.6 is 31.9 Å². The van der Waals surface area contributed by atoms with Gasteiger partial charge in [0.2, 0.25) is 0 Å². The highest BCUT2D eigenvalue weighted by Crippen LogP contribution is 2.31. The van der Waals surface area contributed by atoms with Crippen LogP contribution in [0.5, 0.6) is 0 Å². The zero-order valence-electron chi connectivity index (χ0n) is 18.6. The van der Waals surface area contributed by atoms with E-state index in [1.165, 1.54) is 11.0 Å². The van der Waals surface area contributed by atoms with E-state index >= 15 is 0 Å². The summed E-state index contributed by atoms with van der Waals surface area (Å²) < 4.78 is 15.8. The van der Waals surface area contributed by atoms with E-state index in [0.717, 1.165) is 4.47 Å². The van der Waals surface area contributed by atoms with Crippen molar-refractivity contribution in [3.63, 3.8) is 0 Å². The summed E-state index contributed by atoms with van der Waals surface area (Å²) in [4.78, 5) is 39.2. The van der Waals surface area contributed by atoms with Crippen LogP contribution in [0.3, 0.4) is 0 Å². The molecule has 1 fully saturated rings. The maximum Gasteiger partial charge on any atom is 0.313 e. The summed E-state index contributed by atoms with van der Waals surface area (Å²) in [5, 5.41) is 5.38. The number of carbonyl (C=O) groups excluding carboxylic acids is 3. The number of carbonyl (C=O) groups is 3. The second kappa shape index (κ2) is 11.1. The molecule has 3 aromatic rings. The Balaban J connectivity index is 1.33. The number of nitrogens with zero attached hydrogens (tertiary/aromatic N) is 1. The van der Waals surface area contributed by atoms with Gasteiger partial charge in [0.25, 0.3) is 5.91 Å². The molecule has 0 radical (unpaired) electrons. The number of nitrogens with one attached hydrogen (secondary N) is 2. The summed E-state index contributed by atoms with van der Waals surface area (Å²) in [5.74, 6) is -1.95. The highest BCUT2D eigenvalue weighted by molar-refractivity contribution is 9.10. The minimum atomic E-state index is -0.755. The van der Waals surface area contributed by atoms with E-state index < -0.39 is 11.8 Å². The van der Waals surface area contributed by atoms with E-state index in [0.29, 0.717) is 52.9 Å². The Morgan fingerprint density at radius 1 is 0.829 bits per heavy atom. The van der Waals surface area contributed by atoms with Gasteiger partial charge < -0.3 is 15.5 Å². The Morgan fingerprint density at radius 2 is 1.46 bits per heavy atom. The van der Waals surface area contributed by atoms with Crippen LogP contribution in [0.1, 0.15) is 34.7 Å². The molecular weight excluding hydrogens is 581 g/mol. The first-order valence-corrected chi connectivity index (χ1v) is 12.6. The van der Waals surface area contributed by atoms with Crippen LogP contribution in [-0.2, 0) is 9.59 Å². The Kier molecular flexibility index (Phi) is 7.97. The monoisotopic (exact) mass is 601 g/mol. The lowest BCUT2D eigenvalue weighted by atomic mass is 9.89. The number of halogens is 3. The maximum atomic E-state index is 14.3. The number of piperidine rings is 1. The third kappa shape index (κ3) is 6.35. The third-order valence-corrected chi connectivity index (χ3v) is 6.89. The standard InChI is InChI=1S/C26H22Br2FN3O3/c27-18-6-4-17(5-7-18)24(33)30-20-2-1-3-21(15-20)31-25(34)26(35)32-12-10-16(11-13-32)22-9-8-19(28)14-23(22)29/h1-9,14-16H,10-13H2,(H,30,33)(H,31,34). The first-order valence-electron chi connectivity index (χ1n) is 11.0. The van der Waals surface area contributed by atoms with Gasteiger partial charge in [-0.05, 0) is 78.9 Å². The molecule has 1 saturated heterocycles. The molecule has 0 spiro atoms. The second-order valence-corrected chi connectivity index (χ2v) is 10.1. The molecule has 3 aromatic carbocycles. The van der Waals surface area contributed by atoms with E-state index in [1.54, 1.807) is 60.7 Å². The summed E-state index contributed by atoms with van der Waals surface area (Å²) in [6.07, 6.45) is 1.16. The van der Waals surface area contributed by atoms with Crippen LogP contribution in [0, 0.1) is 5.82 Å². The Labute approximate surface area is 219 Å². The molecule has 1 heterocycles. The Hall–Kier alpha value is -3.04. The quantitative estimate of drug-likeness (QED) is 0.362. The normalized spacial score (nSPS) is 13.9. The largest absolute Gasteiger partial charge is 0.334 e. The molecule has 9 heteroatoms. The van der Waals surface area contributed by atoms with Gasteiger partial charge in [0.1, 0.15) is 5.82 Å². The van der Waals surface area contributed by atoms with Gasteiger partial charge in [0.15, 0.2) is 0 Å². The van der Waals surface area contributed by atoms with E-state index in [-0.39, 0.29) is 17.6 Å². The predicted octanol–water partition coefficient (Wildman–Crippen LogP) is 5.95. The second-order valence-electron chi connectivity index (χ2n) is 8.23. The number of likely N-dealkylation sites (tertiary alicyclic amines) is 1. The third-order valence-electron chi connectivity index (χ3n) is 5.86. The number of hydrogen-bond acceptors (Lipinski definition) is 3. The average Bonchev–Trinajstić information content (AvgIpc) is 2.84. The van der Waals surface area contributed by atoms with Crippen LogP contribution in [0.15, 0.2) is 75.7 Å². The smallest absolute Gasteiger partial charge is 0.313 e. The molecule has 0 atom stereocenters. The summed E-state index contributed by atoms with van der Waals surface area (Å²) in [6.45, 7) is 0.741. The topological polar surface area (TPSA) is 78.5 Å². The molecule has 1 aliphatic heterocycles. The van der Waals surface area contributed by atoms with E-state index in [4.69, 9.17) is 0 Å². The fourth-order valence-electron chi connectivity index (χ4n) is 4.03. The molecule has 0 aliphatic carbocycles. The van der Waals surface area contributed by atoms with Crippen molar-refractivity contribution in [1.82, 2.24) is 4.90 Å². The molecule has 6 nitrogen and oxygen atoms in total. The molecule has 0 saturated carbocycles. The Bertz CT molecular complexity index is 1260. The van der Waals surface area contributed by atoms with Crippen molar-refractivity contribution >= 4 is 61.0 Å². The van der Waals surface area contributed by atoms with E-state index in [9.17, 15) is 18.8 Å². The highest BCUT2D eigenvalue weighted by Gasteiger charge is 2.29. The molecule has 35 heavy (non-hydrogen) atoms. The molecule has 0 bridgehead atoms. The minimum absolute atomic E-state index is 0.00114. The molecular formula is C26H22Br2FN3O3. The fourth-order valence-corrected chi connectivity index (χ4v) is 4.63. The van der Waals surface area contributed by atoms with Crippen molar-refractivity contribution in [1.29, 1.82) is 0 Å². The van der Waals surface area contributed by atoms with Crippen molar-refractivity contribution in [3.05, 3.63) is 92.6 Å². The van der Waals surface area contributed by atoms with Gasteiger partial charge in [0.05, 0.1) is 0 Å². The predicted molar refractivity (Wildman–Crippen MR) is 140 cm³/mol. The molecule has 2 N–H and O–H groups in total. The van der Waals surface area contributed by atoms with Crippen LogP contribution in [0.4, 0.5) is 15.8 Å². The summed E-state index contributed by atoms with van der Waals surface area (Å²) in [7, 11) is 0. The lowest BCUT2D eigenvalue weighted by Gasteiger charge is -2.32. The van der Waals surface area contributed by atoms with Gasteiger partial charge in [-0.2, -0.15) is 0 Å². The van der Waals surface area contributed by atoms with Gasteiger partial charge in [-0.1, -0.05) is 44.0 Å². The minimum Gasteiger partial charge on any atom is -0.334 e. The fraction of sp³-hybridized carbons (Fsp3) is 0.192. The maximum absolute atomic E-state index is 14.3. The van der Waals surface area contributed by atoms with Gasteiger partial charge in [-0.25, -0.2) is 4.39 Å². The summed E-state index contributed by atoms with van der Waals surface area (Å²) in [6, 6.07) is 18.5. The van der Waals surface area contributed by atoms with Gasteiger partial charge in [-0.15, -0.1) is 0 Å². The number of hydrogen-bond donors (Lipinski definition) is 2. The van der Waals surface area contributed by atoms with Crippen LogP contribution in [-0.4, -0.2) is 35.7 Å². The molecule has 0 unspecified atom stereocenters. The van der Waals surface area contributed by atoms with Crippen molar-refractivity contribution in [2.24, 2.45) is 0 Å². The van der Waals surface area contributed by atoms with Crippen molar-refractivity contribution in [2.45, 2.75) is 18.8 Å². The first-order chi connectivity index (χ1) is 16.8. The lowest BCUT2D eigenvalue weighted by Crippen LogP contribution is -2.43. The average molecular weight is 603 g/mol. The summed E-state index contributed by atoms with van der Waals surface area (Å²) >= 11 is 6.59. The number of amides is 3. The SMILES string of the molecule is O=C(Nc1cccc(NC(=O)c2ccc(Br)cc2)c1)C(=O)N1CCC(c2ccc(Br)cc2F)CC1. The molecule has 0 aromatic heterocycles.